The molecule has 0 aliphatic carbocycles. The minimum absolute atomic E-state index is 0.731. The predicted molar refractivity (Wildman–Crippen MR) is 66.9 cm³/mol. The topological polar surface area (TPSA) is 41.1 Å². The van der Waals surface area contributed by atoms with Crippen molar-refractivity contribution in [1.82, 2.24) is 9.38 Å². The maximum absolute atomic E-state index is 9.32. The third-order valence-electron chi connectivity index (χ3n) is 3.18. The van der Waals surface area contributed by atoms with E-state index in [2.05, 4.69) is 11.1 Å². The molecule has 0 spiro atoms. The highest BCUT2D eigenvalue weighted by molar-refractivity contribution is 5.98. The van der Waals surface area contributed by atoms with Gasteiger partial charge in [0.25, 0.3) is 0 Å². The zero-order valence-electron chi connectivity index (χ0n) is 9.73. The lowest BCUT2D eigenvalue weighted by Crippen LogP contribution is -1.99. The smallest absolute Gasteiger partial charge is 0.145 e. The Balaban J connectivity index is 2.71. The van der Waals surface area contributed by atoms with Crippen LogP contribution < -0.4 is 0 Å². The molecule has 82 valence electrons. The van der Waals surface area contributed by atoms with E-state index in [-0.39, 0.29) is 0 Å². The fraction of sp³-hybridized carbons (Fsp3) is 0.143. The van der Waals surface area contributed by atoms with Gasteiger partial charge in [-0.1, -0.05) is 24.3 Å². The summed E-state index contributed by atoms with van der Waals surface area (Å²) in [7, 11) is 0. The van der Waals surface area contributed by atoms with Gasteiger partial charge in [0.1, 0.15) is 11.7 Å². The molecule has 0 atom stereocenters. The van der Waals surface area contributed by atoms with E-state index in [0.29, 0.717) is 0 Å². The molecule has 0 N–H and O–H groups in total. The average molecular weight is 221 g/mol. The maximum atomic E-state index is 9.32. The Morgan fingerprint density at radius 1 is 1.18 bits per heavy atom. The first-order valence-corrected chi connectivity index (χ1v) is 5.49. The number of hydrogen-bond donors (Lipinski definition) is 0. The van der Waals surface area contributed by atoms with Gasteiger partial charge in [-0.2, -0.15) is 5.26 Å². The summed E-state index contributed by atoms with van der Waals surface area (Å²) in [6.45, 7) is 3.97. The van der Waals surface area contributed by atoms with Crippen LogP contribution in [0.3, 0.4) is 0 Å². The van der Waals surface area contributed by atoms with Crippen molar-refractivity contribution in [2.75, 3.05) is 0 Å². The van der Waals surface area contributed by atoms with Crippen molar-refractivity contribution in [1.29, 1.82) is 5.26 Å². The van der Waals surface area contributed by atoms with Crippen molar-refractivity contribution in [2.24, 2.45) is 0 Å². The van der Waals surface area contributed by atoms with Crippen LogP contribution in [0.2, 0.25) is 0 Å². The number of pyridine rings is 1. The molecule has 3 heteroatoms. The molecule has 1 aromatic carbocycles. The first-order chi connectivity index (χ1) is 8.24. The van der Waals surface area contributed by atoms with Crippen molar-refractivity contribution in [2.45, 2.75) is 13.8 Å². The van der Waals surface area contributed by atoms with Crippen molar-refractivity contribution in [3.05, 3.63) is 47.4 Å². The number of rotatable bonds is 0. The molecule has 0 bridgehead atoms. The largest absolute Gasteiger partial charge is 0.300 e. The number of nitriles is 1. The van der Waals surface area contributed by atoms with Crippen LogP contribution in [0.25, 0.3) is 16.4 Å². The first kappa shape index (κ1) is 9.86. The summed E-state index contributed by atoms with van der Waals surface area (Å²) < 4.78 is 2.04. The van der Waals surface area contributed by atoms with E-state index in [9.17, 15) is 5.26 Å². The zero-order valence-corrected chi connectivity index (χ0v) is 9.73. The lowest BCUT2D eigenvalue weighted by Gasteiger charge is -2.09. The Bertz CT molecular complexity index is 775. The fourth-order valence-corrected chi connectivity index (χ4v) is 2.39. The van der Waals surface area contributed by atoms with Crippen LogP contribution in [0.5, 0.6) is 0 Å². The SMILES string of the molecule is Cc1cnc2c3ccccc3c(C#N)c(C)n12. The molecule has 0 unspecified atom stereocenters. The predicted octanol–water partition coefficient (Wildman–Crippen LogP) is 2.98. The van der Waals surface area contributed by atoms with Gasteiger partial charge < -0.3 is 0 Å². The number of aromatic nitrogens is 2. The summed E-state index contributed by atoms with van der Waals surface area (Å²) in [5, 5.41) is 11.3. The second-order valence-electron chi connectivity index (χ2n) is 4.18. The number of nitrogens with zero attached hydrogens (tertiary/aromatic N) is 3. The highest BCUT2D eigenvalue weighted by Gasteiger charge is 2.12. The van der Waals surface area contributed by atoms with Crippen LogP contribution in [-0.2, 0) is 0 Å². The molecule has 0 aliphatic rings. The summed E-state index contributed by atoms with van der Waals surface area (Å²) in [5.74, 6) is 0. The van der Waals surface area contributed by atoms with Crippen molar-refractivity contribution >= 4 is 16.4 Å². The molecule has 0 saturated carbocycles. The summed E-state index contributed by atoms with van der Waals surface area (Å²) in [6.07, 6.45) is 1.84. The molecule has 0 saturated heterocycles. The lowest BCUT2D eigenvalue weighted by atomic mass is 10.1. The summed E-state index contributed by atoms with van der Waals surface area (Å²) >= 11 is 0. The molecule has 2 heterocycles. The Morgan fingerprint density at radius 3 is 2.59 bits per heavy atom. The molecular weight excluding hydrogens is 210 g/mol. The maximum Gasteiger partial charge on any atom is 0.145 e. The highest BCUT2D eigenvalue weighted by Crippen LogP contribution is 2.26. The van der Waals surface area contributed by atoms with Gasteiger partial charge in [0.2, 0.25) is 0 Å². The molecule has 2 aromatic heterocycles. The average Bonchev–Trinajstić information content (AvgIpc) is 2.73. The molecule has 3 aromatic rings. The molecule has 3 rings (SSSR count). The zero-order chi connectivity index (χ0) is 12.0. The Morgan fingerprint density at radius 2 is 1.88 bits per heavy atom. The number of imidazole rings is 1. The van der Waals surface area contributed by atoms with Crippen LogP contribution >= 0.6 is 0 Å². The van der Waals surface area contributed by atoms with Gasteiger partial charge in [0, 0.05) is 28.4 Å². The van der Waals surface area contributed by atoms with Gasteiger partial charge in [-0.05, 0) is 13.8 Å². The van der Waals surface area contributed by atoms with E-state index in [1.165, 1.54) is 0 Å². The van der Waals surface area contributed by atoms with Crippen LogP contribution in [-0.4, -0.2) is 9.38 Å². The number of benzene rings is 1. The van der Waals surface area contributed by atoms with E-state index in [1.54, 1.807) is 0 Å². The van der Waals surface area contributed by atoms with Crippen molar-refractivity contribution < 1.29 is 0 Å². The van der Waals surface area contributed by atoms with Gasteiger partial charge >= 0.3 is 0 Å². The van der Waals surface area contributed by atoms with Gasteiger partial charge in [-0.3, -0.25) is 4.40 Å². The van der Waals surface area contributed by atoms with E-state index < -0.39 is 0 Å². The highest BCUT2D eigenvalue weighted by atomic mass is 15.0. The van der Waals surface area contributed by atoms with E-state index >= 15 is 0 Å². The molecule has 0 amide bonds. The molecule has 0 aliphatic heterocycles. The quantitative estimate of drug-likeness (QED) is 0.585. The number of aryl methyl sites for hydroxylation is 2. The van der Waals surface area contributed by atoms with E-state index in [4.69, 9.17) is 0 Å². The van der Waals surface area contributed by atoms with Gasteiger partial charge in [-0.15, -0.1) is 0 Å². The molecular formula is C14H11N3. The van der Waals surface area contributed by atoms with Gasteiger partial charge in [0.05, 0.1) is 5.56 Å². The number of hydrogen-bond acceptors (Lipinski definition) is 2. The molecule has 3 nitrogen and oxygen atoms in total. The monoisotopic (exact) mass is 221 g/mol. The van der Waals surface area contributed by atoms with Crippen LogP contribution in [0, 0.1) is 25.2 Å². The third kappa shape index (κ3) is 1.18. The van der Waals surface area contributed by atoms with Crippen molar-refractivity contribution in [3.63, 3.8) is 0 Å². The normalized spacial score (nSPS) is 10.9. The van der Waals surface area contributed by atoms with Crippen LogP contribution in [0.4, 0.5) is 0 Å². The third-order valence-corrected chi connectivity index (χ3v) is 3.18. The second-order valence-corrected chi connectivity index (χ2v) is 4.18. The first-order valence-electron chi connectivity index (χ1n) is 5.49. The fourth-order valence-electron chi connectivity index (χ4n) is 2.39. The van der Waals surface area contributed by atoms with Gasteiger partial charge in [0.15, 0.2) is 0 Å². The molecule has 0 radical (unpaired) electrons. The summed E-state index contributed by atoms with van der Waals surface area (Å²) in [4.78, 5) is 4.44. The second kappa shape index (κ2) is 3.33. The van der Waals surface area contributed by atoms with Crippen LogP contribution in [0.15, 0.2) is 30.5 Å². The Kier molecular flexibility index (Phi) is 1.93. The number of fused-ring (bicyclic) bond motifs is 3. The molecule has 0 fully saturated rings. The Labute approximate surface area is 98.9 Å². The Hall–Kier alpha value is -2.34. The molecule has 17 heavy (non-hydrogen) atoms. The van der Waals surface area contributed by atoms with E-state index in [0.717, 1.165) is 33.4 Å². The summed E-state index contributed by atoms with van der Waals surface area (Å²) in [6, 6.07) is 10.2. The van der Waals surface area contributed by atoms with E-state index in [1.807, 2.05) is 48.7 Å². The van der Waals surface area contributed by atoms with Gasteiger partial charge in [-0.25, -0.2) is 4.98 Å². The van der Waals surface area contributed by atoms with Crippen LogP contribution in [0.1, 0.15) is 17.0 Å². The summed E-state index contributed by atoms with van der Waals surface area (Å²) in [5.41, 5.74) is 3.67. The minimum atomic E-state index is 0.731. The minimum Gasteiger partial charge on any atom is -0.300 e. The van der Waals surface area contributed by atoms with Crippen molar-refractivity contribution in [3.8, 4) is 6.07 Å². The lowest BCUT2D eigenvalue weighted by molar-refractivity contribution is 1.04. The standard InChI is InChI=1S/C14H11N3/c1-9-8-16-14-12-6-4-3-5-11(12)13(7-15)10(2)17(9)14/h3-6,8H,1-2H3.